The van der Waals surface area contributed by atoms with Crippen LogP contribution in [0.15, 0.2) is 30.5 Å². The first-order valence-corrected chi connectivity index (χ1v) is 8.92. The molecule has 0 saturated carbocycles. The second-order valence-corrected chi connectivity index (χ2v) is 6.65. The van der Waals surface area contributed by atoms with Crippen LogP contribution in [0.2, 0.25) is 0 Å². The van der Waals surface area contributed by atoms with Crippen LogP contribution in [0.5, 0.6) is 5.88 Å². The highest BCUT2D eigenvalue weighted by Crippen LogP contribution is 2.28. The Morgan fingerprint density at radius 1 is 1.28 bits per heavy atom. The first kappa shape index (κ1) is 18.5. The number of methoxy groups -OCH3 is 1. The van der Waals surface area contributed by atoms with Crippen LogP contribution in [0, 0.1) is 0 Å². The quantitative estimate of drug-likeness (QED) is 0.721. The maximum absolute atomic E-state index is 12.7. The zero-order valence-corrected chi connectivity index (χ0v) is 15.5. The van der Waals surface area contributed by atoms with Crippen molar-refractivity contribution in [2.24, 2.45) is 0 Å². The molecular formula is C19H17N5O5. The lowest BCUT2D eigenvalue weighted by molar-refractivity contribution is -0.136. The van der Waals surface area contributed by atoms with Crippen LogP contribution in [0.1, 0.15) is 39.1 Å². The van der Waals surface area contributed by atoms with E-state index in [4.69, 9.17) is 4.74 Å². The van der Waals surface area contributed by atoms with Gasteiger partial charge >= 0.3 is 0 Å². The van der Waals surface area contributed by atoms with Crippen LogP contribution < -0.4 is 15.4 Å². The molecule has 1 fully saturated rings. The summed E-state index contributed by atoms with van der Waals surface area (Å²) in [6.07, 6.45) is 1.93. The van der Waals surface area contributed by atoms with E-state index in [1.54, 1.807) is 18.2 Å². The highest BCUT2D eigenvalue weighted by molar-refractivity contribution is 6.07. The summed E-state index contributed by atoms with van der Waals surface area (Å²) in [5.74, 6) is -1.14. The van der Waals surface area contributed by atoms with Crippen LogP contribution in [-0.4, -0.2) is 51.6 Å². The third kappa shape index (κ3) is 3.51. The Bertz CT molecular complexity index is 1040. The van der Waals surface area contributed by atoms with Crippen LogP contribution in [0.25, 0.3) is 0 Å². The first-order chi connectivity index (χ1) is 14.0. The summed E-state index contributed by atoms with van der Waals surface area (Å²) in [6.45, 7) is 0.192. The summed E-state index contributed by atoms with van der Waals surface area (Å²) in [5.41, 5.74) is 1.40. The molecule has 10 nitrogen and oxygen atoms in total. The molecule has 1 atom stereocenters. The Morgan fingerprint density at radius 3 is 2.86 bits per heavy atom. The number of nitrogens with zero attached hydrogens (tertiary/aromatic N) is 3. The van der Waals surface area contributed by atoms with E-state index in [9.17, 15) is 19.2 Å². The minimum atomic E-state index is -0.699. The predicted molar refractivity (Wildman–Crippen MR) is 99.0 cm³/mol. The molecule has 2 aliphatic heterocycles. The second kappa shape index (κ2) is 7.30. The Labute approximate surface area is 165 Å². The Morgan fingerprint density at radius 2 is 2.10 bits per heavy atom. The fourth-order valence-corrected chi connectivity index (χ4v) is 3.41. The van der Waals surface area contributed by atoms with E-state index in [0.29, 0.717) is 22.6 Å². The van der Waals surface area contributed by atoms with Gasteiger partial charge in [-0.2, -0.15) is 4.98 Å². The molecule has 1 aromatic heterocycles. The first-order valence-electron chi connectivity index (χ1n) is 8.92. The summed E-state index contributed by atoms with van der Waals surface area (Å²) < 4.78 is 5.00. The average molecular weight is 395 g/mol. The third-order valence-corrected chi connectivity index (χ3v) is 4.85. The van der Waals surface area contributed by atoms with Gasteiger partial charge in [0.15, 0.2) is 0 Å². The number of anilines is 1. The number of ether oxygens (including phenoxy) is 1. The van der Waals surface area contributed by atoms with Crippen LogP contribution in [-0.2, 0) is 16.1 Å². The summed E-state index contributed by atoms with van der Waals surface area (Å²) in [7, 11) is 1.46. The molecule has 0 radical (unpaired) electrons. The van der Waals surface area contributed by atoms with E-state index in [0.717, 1.165) is 0 Å². The molecule has 0 aliphatic carbocycles. The number of fused-ring (bicyclic) bond motifs is 1. The van der Waals surface area contributed by atoms with Crippen molar-refractivity contribution >= 4 is 29.6 Å². The zero-order valence-electron chi connectivity index (χ0n) is 15.5. The molecule has 1 unspecified atom stereocenters. The van der Waals surface area contributed by atoms with E-state index in [2.05, 4.69) is 20.6 Å². The minimum Gasteiger partial charge on any atom is -0.481 e. The van der Waals surface area contributed by atoms with Gasteiger partial charge in [0.1, 0.15) is 6.04 Å². The highest BCUT2D eigenvalue weighted by Gasteiger charge is 2.39. The van der Waals surface area contributed by atoms with Crippen molar-refractivity contribution in [3.63, 3.8) is 0 Å². The van der Waals surface area contributed by atoms with E-state index in [1.807, 2.05) is 0 Å². The van der Waals surface area contributed by atoms with Gasteiger partial charge in [-0.25, -0.2) is 4.98 Å². The van der Waals surface area contributed by atoms with Crippen molar-refractivity contribution in [1.29, 1.82) is 0 Å². The monoisotopic (exact) mass is 395 g/mol. The van der Waals surface area contributed by atoms with Crippen LogP contribution in [0.4, 0.5) is 5.95 Å². The fourth-order valence-electron chi connectivity index (χ4n) is 3.41. The zero-order chi connectivity index (χ0) is 20.5. The molecular weight excluding hydrogens is 378 g/mol. The lowest BCUT2D eigenvalue weighted by Crippen LogP contribution is -2.52. The fraction of sp³-hybridized carbons (Fsp3) is 0.263. The van der Waals surface area contributed by atoms with Crippen molar-refractivity contribution in [2.45, 2.75) is 25.4 Å². The molecule has 148 valence electrons. The minimum absolute atomic E-state index is 0.0936. The number of nitrogens with one attached hydrogen (secondary N) is 2. The number of rotatable bonds is 4. The lowest BCUT2D eigenvalue weighted by Gasteiger charge is -2.29. The number of piperidine rings is 1. The third-order valence-electron chi connectivity index (χ3n) is 4.85. The standard InChI is InChI=1S/C19H17N5O5/c1-29-15-6-7-20-19(22-15)23-16(26)10-2-3-12-11(8-10)9-24(18(12)28)13-4-5-14(25)21-17(13)27/h2-3,6-8,13H,4-5,9H2,1H3,(H,21,25,27)(H,20,22,23,26). The molecule has 10 heteroatoms. The van der Waals surface area contributed by atoms with Crippen molar-refractivity contribution in [3.05, 3.63) is 47.2 Å². The largest absolute Gasteiger partial charge is 0.481 e. The number of hydrogen-bond acceptors (Lipinski definition) is 7. The van der Waals surface area contributed by atoms with Gasteiger partial charge in [0.2, 0.25) is 23.6 Å². The predicted octanol–water partition coefficient (Wildman–Crippen LogP) is 0.498. The number of imide groups is 1. The average Bonchev–Trinajstić information content (AvgIpc) is 3.04. The summed E-state index contributed by atoms with van der Waals surface area (Å²) in [6, 6.07) is 5.55. The molecule has 2 aliphatic rings. The number of carbonyl (C=O) groups excluding carboxylic acids is 4. The van der Waals surface area contributed by atoms with Gasteiger partial charge in [-0.05, 0) is 30.2 Å². The maximum Gasteiger partial charge on any atom is 0.258 e. The Balaban J connectivity index is 1.51. The van der Waals surface area contributed by atoms with E-state index in [-0.39, 0.29) is 37.1 Å². The van der Waals surface area contributed by atoms with Crippen LogP contribution >= 0.6 is 0 Å². The van der Waals surface area contributed by atoms with E-state index >= 15 is 0 Å². The van der Waals surface area contributed by atoms with Gasteiger partial charge in [-0.15, -0.1) is 0 Å². The normalized spacial score (nSPS) is 18.3. The summed E-state index contributed by atoms with van der Waals surface area (Å²) in [5, 5.41) is 4.84. The van der Waals surface area contributed by atoms with Crippen molar-refractivity contribution in [3.8, 4) is 5.88 Å². The molecule has 4 amide bonds. The highest BCUT2D eigenvalue weighted by atomic mass is 16.5. The molecule has 1 aromatic carbocycles. The SMILES string of the molecule is COc1ccnc(NC(=O)c2ccc3c(c2)CN(C2CCC(=O)NC2=O)C3=O)n1. The van der Waals surface area contributed by atoms with Crippen molar-refractivity contribution in [2.75, 3.05) is 12.4 Å². The number of benzene rings is 1. The molecule has 4 rings (SSSR count). The van der Waals surface area contributed by atoms with Gasteiger partial charge in [-0.3, -0.25) is 29.8 Å². The van der Waals surface area contributed by atoms with Gasteiger partial charge in [0, 0.05) is 36.4 Å². The molecule has 29 heavy (non-hydrogen) atoms. The van der Waals surface area contributed by atoms with Crippen molar-refractivity contribution in [1.82, 2.24) is 20.2 Å². The molecule has 0 spiro atoms. The van der Waals surface area contributed by atoms with E-state index < -0.39 is 17.9 Å². The van der Waals surface area contributed by atoms with Gasteiger partial charge < -0.3 is 9.64 Å². The smallest absolute Gasteiger partial charge is 0.258 e. The van der Waals surface area contributed by atoms with Crippen LogP contribution in [0.3, 0.4) is 0 Å². The molecule has 2 aromatic rings. The number of aromatic nitrogens is 2. The van der Waals surface area contributed by atoms with Gasteiger partial charge in [-0.1, -0.05) is 0 Å². The second-order valence-electron chi connectivity index (χ2n) is 6.65. The molecule has 1 saturated heterocycles. The van der Waals surface area contributed by atoms with Gasteiger partial charge in [0.25, 0.3) is 11.8 Å². The Kier molecular flexibility index (Phi) is 4.67. The molecule has 2 N–H and O–H groups in total. The number of amides is 4. The number of hydrogen-bond donors (Lipinski definition) is 2. The summed E-state index contributed by atoms with van der Waals surface area (Å²) in [4.78, 5) is 58.1. The lowest BCUT2D eigenvalue weighted by atomic mass is 10.0. The number of carbonyl (C=O) groups is 4. The summed E-state index contributed by atoms with van der Waals surface area (Å²) >= 11 is 0. The molecule has 3 heterocycles. The van der Waals surface area contributed by atoms with E-state index in [1.165, 1.54) is 24.3 Å². The van der Waals surface area contributed by atoms with Crippen molar-refractivity contribution < 1.29 is 23.9 Å². The maximum atomic E-state index is 12.7. The Hall–Kier alpha value is -3.82. The topological polar surface area (TPSA) is 131 Å². The van der Waals surface area contributed by atoms with Gasteiger partial charge in [0.05, 0.1) is 7.11 Å². The molecule has 0 bridgehead atoms.